The maximum atomic E-state index is 13.3. The molecule has 0 saturated heterocycles. The van der Waals surface area contributed by atoms with Gasteiger partial charge in [0.1, 0.15) is 5.82 Å². The smallest absolute Gasteiger partial charge is 0.315 e. The summed E-state index contributed by atoms with van der Waals surface area (Å²) in [5.41, 5.74) is 0.548. The molecule has 1 unspecified atom stereocenters. The Morgan fingerprint density at radius 3 is 2.70 bits per heavy atom. The van der Waals surface area contributed by atoms with E-state index in [1.807, 2.05) is 0 Å². The summed E-state index contributed by atoms with van der Waals surface area (Å²) >= 11 is 0. The number of aliphatic carboxylic acids is 1. The summed E-state index contributed by atoms with van der Waals surface area (Å²) in [6, 6.07) is 5.81. The number of rotatable bonds is 7. The Bertz CT molecular complexity index is 465. The van der Waals surface area contributed by atoms with Gasteiger partial charge in [0, 0.05) is 19.0 Å². The van der Waals surface area contributed by atoms with E-state index in [-0.39, 0.29) is 24.3 Å². The summed E-state index contributed by atoms with van der Waals surface area (Å²) in [5, 5.41) is 13.8. The third kappa shape index (κ3) is 6.17. The van der Waals surface area contributed by atoms with E-state index in [4.69, 9.17) is 5.11 Å². The number of carbonyl (C=O) groups is 2. The first-order valence-corrected chi connectivity index (χ1v) is 6.48. The number of amides is 2. The molecule has 0 saturated carbocycles. The van der Waals surface area contributed by atoms with E-state index >= 15 is 0 Å². The van der Waals surface area contributed by atoms with E-state index in [1.54, 1.807) is 25.1 Å². The fraction of sp³-hybridized carbons (Fsp3) is 0.429. The lowest BCUT2D eigenvalue weighted by Gasteiger charge is -2.13. The minimum atomic E-state index is -0.890. The fourth-order valence-corrected chi connectivity index (χ4v) is 1.70. The van der Waals surface area contributed by atoms with Crippen molar-refractivity contribution < 1.29 is 19.1 Å². The molecule has 0 aliphatic heterocycles. The molecule has 0 heterocycles. The summed E-state index contributed by atoms with van der Waals surface area (Å²) in [6.45, 7) is 2.05. The maximum absolute atomic E-state index is 13.3. The zero-order chi connectivity index (χ0) is 15.0. The normalized spacial score (nSPS) is 11.7. The predicted octanol–water partition coefficient (Wildman–Crippen LogP) is 1.92. The summed E-state index contributed by atoms with van der Waals surface area (Å²) in [5.74, 6) is -1.18. The van der Waals surface area contributed by atoms with Crippen LogP contribution in [0, 0.1) is 5.82 Å². The molecule has 1 aromatic carbocycles. The molecule has 0 fully saturated rings. The zero-order valence-corrected chi connectivity index (χ0v) is 11.4. The van der Waals surface area contributed by atoms with Gasteiger partial charge in [-0.3, -0.25) is 4.79 Å². The molecule has 110 valence electrons. The van der Waals surface area contributed by atoms with Crippen molar-refractivity contribution in [2.24, 2.45) is 0 Å². The first-order chi connectivity index (χ1) is 9.49. The Kier molecular flexibility index (Phi) is 6.49. The van der Waals surface area contributed by atoms with Crippen LogP contribution >= 0.6 is 0 Å². The van der Waals surface area contributed by atoms with Crippen LogP contribution in [-0.2, 0) is 11.2 Å². The van der Waals surface area contributed by atoms with Gasteiger partial charge in [-0.15, -0.1) is 0 Å². The predicted molar refractivity (Wildman–Crippen MR) is 73.0 cm³/mol. The van der Waals surface area contributed by atoms with Gasteiger partial charge in [0.15, 0.2) is 0 Å². The third-order valence-electron chi connectivity index (χ3n) is 2.81. The summed E-state index contributed by atoms with van der Waals surface area (Å²) < 4.78 is 13.3. The van der Waals surface area contributed by atoms with Gasteiger partial charge in [-0.05, 0) is 31.4 Å². The number of urea groups is 1. The van der Waals surface area contributed by atoms with Gasteiger partial charge < -0.3 is 15.7 Å². The quantitative estimate of drug-likeness (QED) is 0.715. The highest BCUT2D eigenvalue weighted by atomic mass is 19.1. The van der Waals surface area contributed by atoms with E-state index in [2.05, 4.69) is 10.6 Å². The minimum Gasteiger partial charge on any atom is -0.481 e. The van der Waals surface area contributed by atoms with Gasteiger partial charge in [-0.2, -0.15) is 0 Å². The highest BCUT2D eigenvalue weighted by Crippen LogP contribution is 2.06. The molecule has 5 nitrogen and oxygen atoms in total. The molecular weight excluding hydrogens is 263 g/mol. The van der Waals surface area contributed by atoms with Crippen molar-refractivity contribution in [3.05, 3.63) is 35.6 Å². The minimum absolute atomic E-state index is 0.0106. The van der Waals surface area contributed by atoms with Gasteiger partial charge in [-0.25, -0.2) is 9.18 Å². The number of carbonyl (C=O) groups excluding carboxylic acids is 1. The second-order valence-electron chi connectivity index (χ2n) is 4.58. The van der Waals surface area contributed by atoms with Gasteiger partial charge in [-0.1, -0.05) is 18.2 Å². The Morgan fingerprint density at radius 2 is 2.05 bits per heavy atom. The van der Waals surface area contributed by atoms with Crippen LogP contribution in [0.1, 0.15) is 25.3 Å². The van der Waals surface area contributed by atoms with Crippen molar-refractivity contribution in [3.8, 4) is 0 Å². The lowest BCUT2D eigenvalue weighted by Crippen LogP contribution is -2.41. The Labute approximate surface area is 117 Å². The molecule has 1 rings (SSSR count). The summed E-state index contributed by atoms with van der Waals surface area (Å²) in [6.07, 6.45) is 0.788. The highest BCUT2D eigenvalue weighted by Gasteiger charge is 2.09. The number of hydrogen-bond acceptors (Lipinski definition) is 2. The SMILES string of the molecule is CC(CCC(=O)O)NC(=O)NCCc1ccccc1F. The van der Waals surface area contributed by atoms with E-state index in [0.29, 0.717) is 24.9 Å². The second kappa shape index (κ2) is 8.14. The molecule has 0 radical (unpaired) electrons. The molecule has 2 amide bonds. The van der Waals surface area contributed by atoms with Crippen molar-refractivity contribution in [3.63, 3.8) is 0 Å². The molecular formula is C14H19FN2O3. The first-order valence-electron chi connectivity index (χ1n) is 6.48. The van der Waals surface area contributed by atoms with Crippen molar-refractivity contribution in [1.29, 1.82) is 0 Å². The van der Waals surface area contributed by atoms with E-state index in [0.717, 1.165) is 0 Å². The Hall–Kier alpha value is -2.11. The largest absolute Gasteiger partial charge is 0.481 e. The molecule has 0 bridgehead atoms. The van der Waals surface area contributed by atoms with Crippen molar-refractivity contribution in [2.45, 2.75) is 32.2 Å². The molecule has 0 spiro atoms. The fourth-order valence-electron chi connectivity index (χ4n) is 1.70. The van der Waals surface area contributed by atoms with Crippen molar-refractivity contribution in [1.82, 2.24) is 10.6 Å². The van der Waals surface area contributed by atoms with Gasteiger partial charge in [0.05, 0.1) is 0 Å². The average Bonchev–Trinajstić information content (AvgIpc) is 2.38. The van der Waals surface area contributed by atoms with Crippen LogP contribution in [0.5, 0.6) is 0 Å². The van der Waals surface area contributed by atoms with E-state index < -0.39 is 5.97 Å². The number of carboxylic acids is 1. The van der Waals surface area contributed by atoms with Crippen LogP contribution in [0.25, 0.3) is 0 Å². The molecule has 1 aromatic rings. The first kappa shape index (κ1) is 15.9. The zero-order valence-electron chi connectivity index (χ0n) is 11.4. The summed E-state index contributed by atoms with van der Waals surface area (Å²) in [4.78, 5) is 21.9. The van der Waals surface area contributed by atoms with Crippen LogP contribution in [0.15, 0.2) is 24.3 Å². The highest BCUT2D eigenvalue weighted by molar-refractivity contribution is 5.74. The van der Waals surface area contributed by atoms with Crippen LogP contribution in [0.2, 0.25) is 0 Å². The van der Waals surface area contributed by atoms with Crippen molar-refractivity contribution >= 4 is 12.0 Å². The monoisotopic (exact) mass is 282 g/mol. The molecule has 0 aliphatic rings. The van der Waals surface area contributed by atoms with Gasteiger partial charge in [0.25, 0.3) is 0 Å². The third-order valence-corrected chi connectivity index (χ3v) is 2.81. The lowest BCUT2D eigenvalue weighted by molar-refractivity contribution is -0.137. The van der Waals surface area contributed by atoms with Crippen LogP contribution < -0.4 is 10.6 Å². The Morgan fingerprint density at radius 1 is 1.35 bits per heavy atom. The van der Waals surface area contributed by atoms with Gasteiger partial charge in [0.2, 0.25) is 0 Å². The summed E-state index contributed by atoms with van der Waals surface area (Å²) in [7, 11) is 0. The lowest BCUT2D eigenvalue weighted by atomic mass is 10.1. The number of benzene rings is 1. The van der Waals surface area contributed by atoms with Gasteiger partial charge >= 0.3 is 12.0 Å². The molecule has 20 heavy (non-hydrogen) atoms. The van der Waals surface area contributed by atoms with Crippen LogP contribution in [0.3, 0.4) is 0 Å². The van der Waals surface area contributed by atoms with Crippen LogP contribution in [0.4, 0.5) is 9.18 Å². The average molecular weight is 282 g/mol. The number of carboxylic acid groups (broad SMARTS) is 1. The maximum Gasteiger partial charge on any atom is 0.315 e. The van der Waals surface area contributed by atoms with E-state index in [1.165, 1.54) is 6.07 Å². The topological polar surface area (TPSA) is 78.4 Å². The number of halogens is 1. The second-order valence-corrected chi connectivity index (χ2v) is 4.58. The number of nitrogens with one attached hydrogen (secondary N) is 2. The standard InChI is InChI=1S/C14H19FN2O3/c1-10(6-7-13(18)19)17-14(20)16-9-8-11-4-2-3-5-12(11)15/h2-5,10H,6-9H2,1H3,(H,18,19)(H2,16,17,20). The van der Waals surface area contributed by atoms with Crippen LogP contribution in [-0.4, -0.2) is 29.7 Å². The molecule has 0 aromatic heterocycles. The Balaban J connectivity index is 2.23. The number of hydrogen-bond donors (Lipinski definition) is 3. The van der Waals surface area contributed by atoms with Crippen molar-refractivity contribution in [2.75, 3.05) is 6.54 Å². The van der Waals surface area contributed by atoms with E-state index in [9.17, 15) is 14.0 Å². The molecule has 6 heteroatoms. The molecule has 1 atom stereocenters. The molecule has 3 N–H and O–H groups in total. The molecule has 0 aliphatic carbocycles.